The molecule has 2 nitrogen and oxygen atoms in total. The number of halogens is 1. The second-order valence-electron chi connectivity index (χ2n) is 4.09. The molecule has 2 rings (SSSR count). The van der Waals surface area contributed by atoms with Crippen LogP contribution in [0.4, 0.5) is 0 Å². The largest absolute Gasteiger partial charge is 0.508 e. The minimum atomic E-state index is 0.0921. The van der Waals surface area contributed by atoms with Crippen molar-refractivity contribution in [2.45, 2.75) is 25.2 Å². The lowest BCUT2D eigenvalue weighted by molar-refractivity contribution is 0.469. The highest BCUT2D eigenvalue weighted by molar-refractivity contribution is 6.31. The molecule has 1 aliphatic carbocycles. The van der Waals surface area contributed by atoms with Gasteiger partial charge in [0, 0.05) is 22.5 Å². The first-order valence-corrected chi connectivity index (χ1v) is 5.16. The van der Waals surface area contributed by atoms with Crippen LogP contribution in [0.5, 0.6) is 5.75 Å². The van der Waals surface area contributed by atoms with E-state index in [2.05, 4.69) is 0 Å². The zero-order chi connectivity index (χ0) is 10.3. The van der Waals surface area contributed by atoms with Crippen molar-refractivity contribution in [3.8, 4) is 5.75 Å². The zero-order valence-electron chi connectivity index (χ0n) is 8.18. The second-order valence-corrected chi connectivity index (χ2v) is 4.49. The maximum atomic E-state index is 9.64. The van der Waals surface area contributed by atoms with Gasteiger partial charge in [0.2, 0.25) is 0 Å². The minimum Gasteiger partial charge on any atom is -0.508 e. The average Bonchev–Trinajstić information content (AvgIpc) is 2.94. The molecule has 0 aromatic heterocycles. The summed E-state index contributed by atoms with van der Waals surface area (Å²) >= 11 is 6.01. The van der Waals surface area contributed by atoms with E-state index in [0.29, 0.717) is 11.6 Å². The second kappa shape index (κ2) is 3.14. The van der Waals surface area contributed by atoms with E-state index in [1.54, 1.807) is 6.07 Å². The Morgan fingerprint density at radius 1 is 1.50 bits per heavy atom. The first kappa shape index (κ1) is 9.81. The molecule has 0 unspecified atom stereocenters. The van der Waals surface area contributed by atoms with Gasteiger partial charge >= 0.3 is 0 Å². The standard InChI is InChI=1S/C11H14ClNO/c1-7-9(12)4-8(5-10(7)14)11(6-13)2-3-11/h4-5,14H,2-3,6,13H2,1H3. The van der Waals surface area contributed by atoms with Crippen LogP contribution in [-0.4, -0.2) is 11.7 Å². The van der Waals surface area contributed by atoms with Crippen LogP contribution in [0, 0.1) is 6.92 Å². The molecule has 1 aromatic rings. The lowest BCUT2D eigenvalue weighted by Crippen LogP contribution is -2.19. The molecule has 0 atom stereocenters. The highest BCUT2D eigenvalue weighted by atomic mass is 35.5. The first-order chi connectivity index (χ1) is 6.59. The zero-order valence-corrected chi connectivity index (χ0v) is 8.93. The molecule has 76 valence electrons. The van der Waals surface area contributed by atoms with E-state index in [1.807, 2.05) is 13.0 Å². The Kier molecular flexibility index (Phi) is 2.20. The number of phenolic OH excluding ortho intramolecular Hbond substituents is 1. The number of phenols is 1. The van der Waals surface area contributed by atoms with Gasteiger partial charge in [-0.05, 0) is 37.5 Å². The summed E-state index contributed by atoms with van der Waals surface area (Å²) in [6, 6.07) is 3.72. The van der Waals surface area contributed by atoms with Gasteiger partial charge in [0.05, 0.1) is 0 Å². The number of hydrogen-bond acceptors (Lipinski definition) is 2. The van der Waals surface area contributed by atoms with Crippen molar-refractivity contribution in [2.24, 2.45) is 5.73 Å². The summed E-state index contributed by atoms with van der Waals surface area (Å²) in [6.45, 7) is 2.44. The smallest absolute Gasteiger partial charge is 0.120 e. The fourth-order valence-electron chi connectivity index (χ4n) is 1.73. The highest BCUT2D eigenvalue weighted by Crippen LogP contribution is 2.49. The summed E-state index contributed by atoms with van der Waals surface area (Å²) in [6.07, 6.45) is 2.20. The van der Waals surface area contributed by atoms with Crippen LogP contribution in [0.2, 0.25) is 5.02 Å². The van der Waals surface area contributed by atoms with Crippen LogP contribution in [0.15, 0.2) is 12.1 Å². The quantitative estimate of drug-likeness (QED) is 0.789. The molecule has 1 saturated carbocycles. The van der Waals surface area contributed by atoms with Gasteiger partial charge < -0.3 is 10.8 Å². The molecule has 0 bridgehead atoms. The molecule has 0 spiro atoms. The van der Waals surface area contributed by atoms with E-state index < -0.39 is 0 Å². The lowest BCUT2D eigenvalue weighted by atomic mass is 9.95. The number of benzene rings is 1. The first-order valence-electron chi connectivity index (χ1n) is 4.79. The average molecular weight is 212 g/mol. The Hall–Kier alpha value is -0.730. The van der Waals surface area contributed by atoms with Crippen LogP contribution >= 0.6 is 11.6 Å². The molecular weight excluding hydrogens is 198 g/mol. The summed E-state index contributed by atoms with van der Waals surface area (Å²) in [5.41, 5.74) is 7.62. The van der Waals surface area contributed by atoms with E-state index in [4.69, 9.17) is 17.3 Å². The topological polar surface area (TPSA) is 46.2 Å². The minimum absolute atomic E-state index is 0.0921. The van der Waals surface area contributed by atoms with Gasteiger partial charge in [0.25, 0.3) is 0 Å². The molecule has 3 heteroatoms. The van der Waals surface area contributed by atoms with Crippen molar-refractivity contribution in [1.82, 2.24) is 0 Å². The van der Waals surface area contributed by atoms with Gasteiger partial charge in [-0.15, -0.1) is 0 Å². The third-order valence-corrected chi connectivity index (χ3v) is 3.57. The van der Waals surface area contributed by atoms with Gasteiger partial charge in [-0.25, -0.2) is 0 Å². The van der Waals surface area contributed by atoms with E-state index in [-0.39, 0.29) is 11.2 Å². The fraction of sp³-hybridized carbons (Fsp3) is 0.455. The maximum absolute atomic E-state index is 9.64. The lowest BCUT2D eigenvalue weighted by Gasteiger charge is -2.14. The number of aromatic hydroxyl groups is 1. The van der Waals surface area contributed by atoms with Crippen LogP contribution in [-0.2, 0) is 5.41 Å². The van der Waals surface area contributed by atoms with Crippen molar-refractivity contribution in [2.75, 3.05) is 6.54 Å². The summed E-state index contributed by atoms with van der Waals surface area (Å²) in [5, 5.41) is 10.3. The molecule has 1 aromatic carbocycles. The number of hydrogen-bond donors (Lipinski definition) is 2. The van der Waals surface area contributed by atoms with Gasteiger partial charge in [0.1, 0.15) is 5.75 Å². The summed E-state index contributed by atoms with van der Waals surface area (Å²) < 4.78 is 0. The molecule has 0 amide bonds. The number of nitrogens with two attached hydrogens (primary N) is 1. The van der Waals surface area contributed by atoms with Crippen LogP contribution < -0.4 is 5.73 Å². The van der Waals surface area contributed by atoms with E-state index >= 15 is 0 Å². The molecule has 0 saturated heterocycles. The molecule has 14 heavy (non-hydrogen) atoms. The predicted molar refractivity (Wildman–Crippen MR) is 57.8 cm³/mol. The molecule has 0 aliphatic heterocycles. The van der Waals surface area contributed by atoms with Crippen molar-refractivity contribution in [3.63, 3.8) is 0 Å². The normalized spacial score (nSPS) is 18.2. The Labute approximate surface area is 88.7 Å². The Bertz CT molecular complexity index is 349. The molecule has 3 N–H and O–H groups in total. The van der Waals surface area contributed by atoms with Crippen molar-refractivity contribution in [1.29, 1.82) is 0 Å². The van der Waals surface area contributed by atoms with E-state index in [9.17, 15) is 5.11 Å². The van der Waals surface area contributed by atoms with Crippen molar-refractivity contribution < 1.29 is 5.11 Å². The molecule has 1 aliphatic rings. The third-order valence-electron chi connectivity index (χ3n) is 3.17. The Balaban J connectivity index is 2.46. The molecule has 0 heterocycles. The highest BCUT2D eigenvalue weighted by Gasteiger charge is 2.43. The van der Waals surface area contributed by atoms with E-state index in [1.165, 1.54) is 0 Å². The molecule has 0 radical (unpaired) electrons. The SMILES string of the molecule is Cc1c(O)cc(C2(CN)CC2)cc1Cl. The summed E-state index contributed by atoms with van der Waals surface area (Å²) in [4.78, 5) is 0. The number of rotatable bonds is 2. The third kappa shape index (κ3) is 1.39. The molecule has 1 fully saturated rings. The van der Waals surface area contributed by atoms with Gasteiger partial charge in [-0.1, -0.05) is 11.6 Å². The Morgan fingerprint density at radius 2 is 2.14 bits per heavy atom. The maximum Gasteiger partial charge on any atom is 0.120 e. The van der Waals surface area contributed by atoms with E-state index in [0.717, 1.165) is 24.0 Å². The summed E-state index contributed by atoms with van der Waals surface area (Å²) in [5.74, 6) is 0.271. The van der Waals surface area contributed by atoms with Crippen LogP contribution in [0.3, 0.4) is 0 Å². The molecular formula is C11H14ClNO. The monoisotopic (exact) mass is 211 g/mol. The van der Waals surface area contributed by atoms with Gasteiger partial charge in [-0.2, -0.15) is 0 Å². The van der Waals surface area contributed by atoms with Crippen LogP contribution in [0.25, 0.3) is 0 Å². The fourth-order valence-corrected chi connectivity index (χ4v) is 1.95. The van der Waals surface area contributed by atoms with Crippen LogP contribution in [0.1, 0.15) is 24.0 Å². The van der Waals surface area contributed by atoms with Gasteiger partial charge in [0.15, 0.2) is 0 Å². The van der Waals surface area contributed by atoms with Crippen molar-refractivity contribution in [3.05, 3.63) is 28.3 Å². The summed E-state index contributed by atoms with van der Waals surface area (Å²) in [7, 11) is 0. The van der Waals surface area contributed by atoms with Gasteiger partial charge in [-0.3, -0.25) is 0 Å². The Morgan fingerprint density at radius 3 is 2.57 bits per heavy atom. The predicted octanol–water partition coefficient (Wildman–Crippen LogP) is 2.34. The van der Waals surface area contributed by atoms with Crippen molar-refractivity contribution >= 4 is 11.6 Å².